The second-order valence-electron chi connectivity index (χ2n) is 5.67. The number of aromatic nitrogens is 1. The first-order valence-electron chi connectivity index (χ1n) is 6.87. The molecule has 1 atom stereocenters. The Morgan fingerprint density at radius 1 is 1.32 bits per heavy atom. The molecule has 0 aromatic carbocycles. The molecule has 2 fully saturated rings. The zero-order valence-electron chi connectivity index (χ0n) is 11.2. The van der Waals surface area contributed by atoms with Crippen molar-refractivity contribution in [3.63, 3.8) is 0 Å². The molecule has 0 bridgehead atoms. The SMILES string of the molecule is Cc1ncc(C2CCN(C(=O)C3CC3)C2)c(N)c1N. The van der Waals surface area contributed by atoms with E-state index in [9.17, 15) is 4.79 Å². The maximum Gasteiger partial charge on any atom is 0.225 e. The molecule has 1 aliphatic heterocycles. The van der Waals surface area contributed by atoms with Gasteiger partial charge < -0.3 is 16.4 Å². The number of carbonyl (C=O) groups excluding carboxylic acids is 1. The zero-order chi connectivity index (χ0) is 13.6. The number of nitrogens with zero attached hydrogens (tertiary/aromatic N) is 2. The zero-order valence-corrected chi connectivity index (χ0v) is 11.2. The van der Waals surface area contributed by atoms with E-state index in [0.29, 0.717) is 17.3 Å². The molecule has 1 saturated carbocycles. The Morgan fingerprint density at radius 3 is 2.74 bits per heavy atom. The molecule has 102 valence electrons. The van der Waals surface area contributed by atoms with Crippen LogP contribution < -0.4 is 11.5 Å². The molecule has 1 aromatic heterocycles. The number of rotatable bonds is 2. The predicted molar refractivity (Wildman–Crippen MR) is 74.5 cm³/mol. The van der Waals surface area contributed by atoms with Crippen molar-refractivity contribution >= 4 is 17.3 Å². The Kier molecular flexibility index (Phi) is 2.84. The number of pyridine rings is 1. The predicted octanol–water partition coefficient (Wildman–Crippen LogP) is 1.28. The van der Waals surface area contributed by atoms with Crippen molar-refractivity contribution in [1.82, 2.24) is 9.88 Å². The molecule has 1 aromatic rings. The lowest BCUT2D eigenvalue weighted by molar-refractivity contribution is -0.131. The molecule has 0 spiro atoms. The highest BCUT2D eigenvalue weighted by Gasteiger charge is 2.37. The van der Waals surface area contributed by atoms with E-state index >= 15 is 0 Å². The summed E-state index contributed by atoms with van der Waals surface area (Å²) in [5.74, 6) is 0.879. The number of nitrogen functional groups attached to an aromatic ring is 2. The normalized spacial score (nSPS) is 22.8. The van der Waals surface area contributed by atoms with Gasteiger partial charge in [0.2, 0.25) is 5.91 Å². The minimum atomic E-state index is 0.276. The molecule has 1 amide bonds. The monoisotopic (exact) mass is 260 g/mol. The minimum absolute atomic E-state index is 0.276. The maximum atomic E-state index is 12.0. The van der Waals surface area contributed by atoms with E-state index in [-0.39, 0.29) is 11.8 Å². The average Bonchev–Trinajstić information content (AvgIpc) is 3.14. The summed E-state index contributed by atoms with van der Waals surface area (Å²) in [5, 5.41) is 0. The summed E-state index contributed by atoms with van der Waals surface area (Å²) in [6.07, 6.45) is 4.88. The number of hydrogen-bond donors (Lipinski definition) is 2. The maximum absolute atomic E-state index is 12.0. The summed E-state index contributed by atoms with van der Waals surface area (Å²) in [4.78, 5) is 18.3. The molecule has 1 saturated heterocycles. The van der Waals surface area contributed by atoms with Gasteiger partial charge in [-0.3, -0.25) is 9.78 Å². The van der Waals surface area contributed by atoms with Crippen molar-refractivity contribution < 1.29 is 4.79 Å². The summed E-state index contributed by atoms with van der Waals surface area (Å²) in [6.45, 7) is 3.43. The third-order valence-electron chi connectivity index (χ3n) is 4.25. The van der Waals surface area contributed by atoms with Gasteiger partial charge in [-0.05, 0) is 26.2 Å². The van der Waals surface area contributed by atoms with E-state index in [4.69, 9.17) is 11.5 Å². The van der Waals surface area contributed by atoms with E-state index in [0.717, 1.165) is 43.6 Å². The largest absolute Gasteiger partial charge is 0.397 e. The van der Waals surface area contributed by atoms with E-state index in [1.807, 2.05) is 18.0 Å². The average molecular weight is 260 g/mol. The number of anilines is 2. The Hall–Kier alpha value is -1.78. The fourth-order valence-corrected chi connectivity index (χ4v) is 2.78. The lowest BCUT2D eigenvalue weighted by Crippen LogP contribution is -2.29. The van der Waals surface area contributed by atoms with Crippen molar-refractivity contribution in [1.29, 1.82) is 0 Å². The van der Waals surface area contributed by atoms with Gasteiger partial charge in [-0.25, -0.2) is 0 Å². The number of aryl methyl sites for hydroxylation is 1. The topological polar surface area (TPSA) is 85.2 Å². The van der Waals surface area contributed by atoms with Crippen molar-refractivity contribution in [2.45, 2.75) is 32.1 Å². The number of carbonyl (C=O) groups is 1. The Morgan fingerprint density at radius 2 is 2.05 bits per heavy atom. The molecular formula is C14H20N4O. The minimum Gasteiger partial charge on any atom is -0.397 e. The molecule has 1 unspecified atom stereocenters. The molecule has 1 aliphatic carbocycles. The van der Waals surface area contributed by atoms with Gasteiger partial charge in [0, 0.05) is 36.7 Å². The molecule has 0 radical (unpaired) electrons. The lowest BCUT2D eigenvalue weighted by atomic mass is 9.97. The van der Waals surface area contributed by atoms with Crippen LogP contribution in [0.3, 0.4) is 0 Å². The summed E-state index contributed by atoms with van der Waals surface area (Å²) in [7, 11) is 0. The molecule has 5 heteroatoms. The second kappa shape index (κ2) is 4.40. The van der Waals surface area contributed by atoms with Crippen LogP contribution in [-0.4, -0.2) is 28.9 Å². The van der Waals surface area contributed by atoms with Crippen LogP contribution in [0, 0.1) is 12.8 Å². The van der Waals surface area contributed by atoms with Crippen LogP contribution >= 0.6 is 0 Å². The van der Waals surface area contributed by atoms with Gasteiger partial charge in [0.25, 0.3) is 0 Å². The van der Waals surface area contributed by atoms with Gasteiger partial charge in [0.1, 0.15) is 0 Å². The first-order valence-corrected chi connectivity index (χ1v) is 6.87. The van der Waals surface area contributed by atoms with E-state index in [1.165, 1.54) is 0 Å². The van der Waals surface area contributed by atoms with Gasteiger partial charge in [-0.1, -0.05) is 0 Å². The van der Waals surface area contributed by atoms with E-state index < -0.39 is 0 Å². The molecule has 3 rings (SSSR count). The van der Waals surface area contributed by atoms with E-state index in [2.05, 4.69) is 4.98 Å². The van der Waals surface area contributed by atoms with Crippen LogP contribution in [0.2, 0.25) is 0 Å². The summed E-state index contributed by atoms with van der Waals surface area (Å²) < 4.78 is 0. The van der Waals surface area contributed by atoms with Crippen molar-refractivity contribution in [3.05, 3.63) is 17.5 Å². The molecular weight excluding hydrogens is 240 g/mol. The first kappa shape index (κ1) is 12.3. The molecule has 2 heterocycles. The van der Waals surface area contributed by atoms with Gasteiger partial charge >= 0.3 is 0 Å². The Bertz CT molecular complexity index is 524. The van der Waals surface area contributed by atoms with Gasteiger partial charge in [0.05, 0.1) is 17.1 Å². The van der Waals surface area contributed by atoms with Gasteiger partial charge in [0.15, 0.2) is 0 Å². The van der Waals surface area contributed by atoms with Crippen molar-refractivity contribution in [2.75, 3.05) is 24.6 Å². The number of amides is 1. The van der Waals surface area contributed by atoms with Crippen LogP contribution in [0.4, 0.5) is 11.4 Å². The molecule has 4 N–H and O–H groups in total. The summed E-state index contributed by atoms with van der Waals surface area (Å²) in [6, 6.07) is 0. The fourth-order valence-electron chi connectivity index (χ4n) is 2.78. The highest BCUT2D eigenvalue weighted by Crippen LogP contribution is 2.37. The Balaban J connectivity index is 1.77. The molecule has 5 nitrogen and oxygen atoms in total. The third-order valence-corrected chi connectivity index (χ3v) is 4.25. The van der Waals surface area contributed by atoms with Crippen LogP contribution in [-0.2, 0) is 4.79 Å². The molecule has 19 heavy (non-hydrogen) atoms. The third kappa shape index (κ3) is 2.13. The van der Waals surface area contributed by atoms with Crippen LogP contribution in [0.15, 0.2) is 6.20 Å². The highest BCUT2D eigenvalue weighted by molar-refractivity contribution is 5.81. The van der Waals surface area contributed by atoms with Crippen molar-refractivity contribution in [3.8, 4) is 0 Å². The number of hydrogen-bond acceptors (Lipinski definition) is 4. The standard InChI is InChI=1S/C14H20N4O/c1-8-12(15)13(16)11(6-17-8)10-4-5-18(7-10)14(19)9-2-3-9/h6,9-10H,2-5,7,15H2,1H3,(H2,16,17). The lowest BCUT2D eigenvalue weighted by Gasteiger charge is -2.18. The fraction of sp³-hybridized carbons (Fsp3) is 0.571. The first-order chi connectivity index (χ1) is 9.08. The molecule has 2 aliphatic rings. The van der Waals surface area contributed by atoms with Crippen LogP contribution in [0.1, 0.15) is 36.4 Å². The summed E-state index contributed by atoms with van der Waals surface area (Å²) in [5.41, 5.74) is 15.0. The second-order valence-corrected chi connectivity index (χ2v) is 5.67. The smallest absolute Gasteiger partial charge is 0.225 e. The van der Waals surface area contributed by atoms with Gasteiger partial charge in [-0.2, -0.15) is 0 Å². The van der Waals surface area contributed by atoms with Crippen molar-refractivity contribution in [2.24, 2.45) is 5.92 Å². The van der Waals surface area contributed by atoms with Crippen LogP contribution in [0.5, 0.6) is 0 Å². The Labute approximate surface area is 113 Å². The van der Waals surface area contributed by atoms with E-state index in [1.54, 1.807) is 0 Å². The number of likely N-dealkylation sites (tertiary alicyclic amines) is 1. The number of nitrogens with two attached hydrogens (primary N) is 2. The highest BCUT2D eigenvalue weighted by atomic mass is 16.2. The van der Waals surface area contributed by atoms with Gasteiger partial charge in [-0.15, -0.1) is 0 Å². The summed E-state index contributed by atoms with van der Waals surface area (Å²) >= 11 is 0. The quantitative estimate of drug-likeness (QED) is 0.838. The van der Waals surface area contributed by atoms with Crippen LogP contribution in [0.25, 0.3) is 0 Å².